The van der Waals surface area contributed by atoms with E-state index >= 15 is 0 Å². The van der Waals surface area contributed by atoms with Crippen molar-refractivity contribution in [3.05, 3.63) is 156 Å². The van der Waals surface area contributed by atoms with Gasteiger partial charge in [0.05, 0.1) is 0 Å². The van der Waals surface area contributed by atoms with Gasteiger partial charge >= 0.3 is 0 Å². The van der Waals surface area contributed by atoms with Crippen LogP contribution in [0, 0.1) is 39.8 Å². The zero-order valence-corrected chi connectivity index (χ0v) is 30.3. The predicted molar refractivity (Wildman–Crippen MR) is 187 cm³/mol. The molecule has 6 heteroatoms. The van der Waals surface area contributed by atoms with Crippen LogP contribution in [-0.4, -0.2) is 19.9 Å². The average molecular weight is 799 g/mol. The second kappa shape index (κ2) is 15.2. The summed E-state index contributed by atoms with van der Waals surface area (Å²) < 4.78 is 0. The van der Waals surface area contributed by atoms with Gasteiger partial charge in [0.15, 0.2) is 0 Å². The monoisotopic (exact) mass is 798 g/mol. The minimum absolute atomic E-state index is 0. The standard InChI is InChI=1S/C42H32N4.2Rh/c1-27-28(2)42(36-16-8-6-14-34(36)40-22-20-32(26-46-40)38-18-10-12-24-44-38)30(4)29(3)41(27)35-15-7-5-13-33(35)39-21-19-31(25-45-39)37-17-9-11-23-43-37;;/h5-18,21-26H,1-4H3;;/q-2;;. The number of hydrogen-bond donors (Lipinski definition) is 0. The van der Waals surface area contributed by atoms with Crippen LogP contribution in [0.4, 0.5) is 0 Å². The third-order valence-electron chi connectivity index (χ3n) is 8.85. The van der Waals surface area contributed by atoms with Crippen molar-refractivity contribution >= 4 is 0 Å². The van der Waals surface area contributed by atoms with Gasteiger partial charge in [0.1, 0.15) is 0 Å². The van der Waals surface area contributed by atoms with Gasteiger partial charge in [0, 0.05) is 51.3 Å². The number of hydrogen-bond acceptors (Lipinski definition) is 4. The zero-order chi connectivity index (χ0) is 31.6. The third-order valence-corrected chi connectivity index (χ3v) is 8.85. The topological polar surface area (TPSA) is 51.6 Å². The summed E-state index contributed by atoms with van der Waals surface area (Å²) in [5, 5.41) is 0. The van der Waals surface area contributed by atoms with E-state index in [1.165, 1.54) is 33.4 Å². The molecule has 0 unspecified atom stereocenters. The predicted octanol–water partition coefficient (Wildman–Crippen LogP) is 10.1. The van der Waals surface area contributed by atoms with Crippen molar-refractivity contribution in [3.8, 4) is 67.3 Å². The van der Waals surface area contributed by atoms with Gasteiger partial charge in [-0.05, 0) is 118 Å². The molecule has 0 aliphatic heterocycles. The first-order valence-corrected chi connectivity index (χ1v) is 15.4. The van der Waals surface area contributed by atoms with E-state index in [-0.39, 0.29) is 39.0 Å². The Bertz CT molecular complexity index is 1980. The Kier molecular flexibility index (Phi) is 11.0. The summed E-state index contributed by atoms with van der Waals surface area (Å²) in [7, 11) is 0. The van der Waals surface area contributed by atoms with Crippen LogP contribution in [-0.2, 0) is 39.0 Å². The molecule has 4 heterocycles. The molecule has 0 aliphatic carbocycles. The van der Waals surface area contributed by atoms with Gasteiger partial charge in [-0.25, -0.2) is 0 Å². The molecule has 0 spiro atoms. The Morgan fingerprint density at radius 3 is 1.06 bits per heavy atom. The van der Waals surface area contributed by atoms with Gasteiger partial charge in [-0.2, -0.15) is 0 Å². The molecule has 0 amide bonds. The summed E-state index contributed by atoms with van der Waals surface area (Å²) in [5.41, 5.74) is 17.2. The van der Waals surface area contributed by atoms with Crippen molar-refractivity contribution < 1.29 is 39.0 Å². The Balaban J connectivity index is 0.00000225. The second-order valence-electron chi connectivity index (χ2n) is 11.5. The molecule has 4 nitrogen and oxygen atoms in total. The van der Waals surface area contributed by atoms with E-state index in [2.05, 4.69) is 98.3 Å². The van der Waals surface area contributed by atoms with Gasteiger partial charge in [0.2, 0.25) is 0 Å². The fraction of sp³-hybridized carbons (Fsp3) is 0.0952. The SMILES string of the molecule is Cc1c(C)c(-c2ccccc2-c2c[c-]c(-c3ccccn3)cn2)c(C)c(C)c1-c1ccccc1-c1c[c-]c(-c2ccccn2)cn1.[Rh].[Rh]. The summed E-state index contributed by atoms with van der Waals surface area (Å²) >= 11 is 0. The molecule has 0 bridgehead atoms. The van der Waals surface area contributed by atoms with Crippen molar-refractivity contribution in [2.75, 3.05) is 0 Å². The fourth-order valence-electron chi connectivity index (χ4n) is 6.30. The molecule has 0 fully saturated rings. The smallest absolute Gasteiger partial charge is 0.0160 e. The van der Waals surface area contributed by atoms with Crippen LogP contribution in [0.2, 0.25) is 0 Å². The van der Waals surface area contributed by atoms with Gasteiger partial charge in [-0.3, -0.25) is 0 Å². The van der Waals surface area contributed by atoms with Crippen molar-refractivity contribution in [2.45, 2.75) is 27.7 Å². The first-order chi connectivity index (χ1) is 22.5. The van der Waals surface area contributed by atoms with Crippen LogP contribution in [0.25, 0.3) is 67.3 Å². The van der Waals surface area contributed by atoms with E-state index in [0.717, 1.165) is 56.2 Å². The molecule has 4 aromatic heterocycles. The maximum absolute atomic E-state index is 4.87. The Morgan fingerprint density at radius 1 is 0.396 bits per heavy atom. The molecule has 48 heavy (non-hydrogen) atoms. The van der Waals surface area contributed by atoms with Crippen LogP contribution >= 0.6 is 0 Å². The first kappa shape index (κ1) is 34.8. The molecule has 0 saturated carbocycles. The molecule has 3 aromatic carbocycles. The summed E-state index contributed by atoms with van der Waals surface area (Å²) in [6.07, 6.45) is 7.30. The Labute approximate surface area is 308 Å². The maximum atomic E-state index is 4.87. The molecular weight excluding hydrogens is 766 g/mol. The molecule has 240 valence electrons. The van der Waals surface area contributed by atoms with Crippen molar-refractivity contribution in [3.63, 3.8) is 0 Å². The van der Waals surface area contributed by atoms with Crippen molar-refractivity contribution in [1.82, 2.24) is 19.9 Å². The normalized spacial score (nSPS) is 10.6. The maximum Gasteiger partial charge on any atom is 0.0160 e. The molecule has 7 rings (SSSR count). The van der Waals surface area contributed by atoms with Crippen LogP contribution in [0.15, 0.2) is 122 Å². The molecule has 2 radical (unpaired) electrons. The second-order valence-corrected chi connectivity index (χ2v) is 11.5. The van der Waals surface area contributed by atoms with E-state index < -0.39 is 0 Å². The van der Waals surface area contributed by atoms with E-state index in [1.807, 2.05) is 60.9 Å². The van der Waals surface area contributed by atoms with E-state index in [0.29, 0.717) is 0 Å². The number of pyridine rings is 4. The molecule has 0 aliphatic rings. The number of benzene rings is 3. The summed E-state index contributed by atoms with van der Waals surface area (Å²) in [6.45, 7) is 8.93. The third kappa shape index (κ3) is 6.61. The number of rotatable bonds is 6. The van der Waals surface area contributed by atoms with Crippen LogP contribution in [0.5, 0.6) is 0 Å². The number of nitrogens with zero attached hydrogens (tertiary/aromatic N) is 4. The quantitative estimate of drug-likeness (QED) is 0.124. The van der Waals surface area contributed by atoms with Crippen LogP contribution in [0.1, 0.15) is 22.3 Å². The number of aromatic nitrogens is 4. The largest absolute Gasteiger partial charge is 0.352 e. The van der Waals surface area contributed by atoms with E-state index in [1.54, 1.807) is 12.4 Å². The first-order valence-electron chi connectivity index (χ1n) is 15.4. The Morgan fingerprint density at radius 2 is 0.750 bits per heavy atom. The van der Waals surface area contributed by atoms with Gasteiger partial charge in [-0.1, -0.05) is 85.2 Å². The van der Waals surface area contributed by atoms with Crippen molar-refractivity contribution in [1.29, 1.82) is 0 Å². The van der Waals surface area contributed by atoms with Crippen molar-refractivity contribution in [2.24, 2.45) is 0 Å². The minimum Gasteiger partial charge on any atom is -0.352 e. The molecule has 0 N–H and O–H groups in total. The molecular formula is C42H32N4Rh2-2. The van der Waals surface area contributed by atoms with Crippen LogP contribution in [0.3, 0.4) is 0 Å². The van der Waals surface area contributed by atoms with E-state index in [9.17, 15) is 0 Å². The van der Waals surface area contributed by atoms with Gasteiger partial charge < -0.3 is 19.9 Å². The minimum atomic E-state index is 0. The fourth-order valence-corrected chi connectivity index (χ4v) is 6.30. The molecule has 7 aromatic rings. The zero-order valence-electron chi connectivity index (χ0n) is 27.0. The van der Waals surface area contributed by atoms with Gasteiger partial charge in [0.25, 0.3) is 0 Å². The Hall–Kier alpha value is -4.49. The van der Waals surface area contributed by atoms with E-state index in [4.69, 9.17) is 9.97 Å². The summed E-state index contributed by atoms with van der Waals surface area (Å²) in [5.74, 6) is 0. The summed E-state index contributed by atoms with van der Waals surface area (Å²) in [6, 6.07) is 39.6. The van der Waals surface area contributed by atoms with Gasteiger partial charge in [-0.15, -0.1) is 35.4 Å². The van der Waals surface area contributed by atoms with Crippen LogP contribution < -0.4 is 0 Å². The summed E-state index contributed by atoms with van der Waals surface area (Å²) in [4.78, 5) is 18.6. The average Bonchev–Trinajstić information content (AvgIpc) is 3.12. The molecule has 0 saturated heterocycles. The molecule has 0 atom stereocenters.